The van der Waals surface area contributed by atoms with Crippen LogP contribution in [0.15, 0.2) is 60.7 Å². The molecule has 20 heavy (non-hydrogen) atoms. The number of rotatable bonds is 5. The van der Waals surface area contributed by atoms with E-state index in [4.69, 9.17) is 0 Å². The predicted octanol–water partition coefficient (Wildman–Crippen LogP) is 2.23. The molecule has 2 aromatic carbocycles. The van der Waals surface area contributed by atoms with Crippen LogP contribution in [0.4, 0.5) is 0 Å². The van der Waals surface area contributed by atoms with Crippen LogP contribution in [0.3, 0.4) is 0 Å². The first-order chi connectivity index (χ1) is 9.77. The molecule has 2 aromatic rings. The van der Waals surface area contributed by atoms with Crippen molar-refractivity contribution in [2.45, 2.75) is 6.04 Å². The molecule has 4 nitrogen and oxygen atoms in total. The molecule has 0 saturated carbocycles. The fourth-order valence-corrected chi connectivity index (χ4v) is 1.92. The first-order valence-corrected chi connectivity index (χ1v) is 6.11. The molecule has 1 atom stereocenters. The van der Waals surface area contributed by atoms with Gasteiger partial charge in [0.25, 0.3) is 5.91 Å². The first-order valence-electron chi connectivity index (χ1n) is 6.11. The predicted molar refractivity (Wildman–Crippen MR) is 73.9 cm³/mol. The Morgan fingerprint density at radius 3 is 1.95 bits per heavy atom. The van der Waals surface area contributed by atoms with E-state index < -0.39 is 11.9 Å². The van der Waals surface area contributed by atoms with E-state index in [1.54, 1.807) is 60.7 Å². The zero-order valence-electron chi connectivity index (χ0n) is 10.7. The second-order valence-corrected chi connectivity index (χ2v) is 4.18. The van der Waals surface area contributed by atoms with Gasteiger partial charge < -0.3 is 4.79 Å². The molecule has 0 heterocycles. The Bertz CT molecular complexity index is 596. The lowest BCUT2D eigenvalue weighted by Crippen LogP contribution is -2.34. The summed E-state index contributed by atoms with van der Waals surface area (Å²) in [6.07, 6.45) is 0.978. The number of amides is 2. The number of benzene rings is 2. The normalized spacial score (nSPS) is 11.4. The maximum atomic E-state index is 12.3. The van der Waals surface area contributed by atoms with Crippen molar-refractivity contribution in [1.82, 2.24) is 4.90 Å². The second kappa shape index (κ2) is 6.43. The highest BCUT2D eigenvalue weighted by molar-refractivity contribution is 6.01. The molecule has 0 aliphatic carbocycles. The molecular weight excluding hydrogens is 254 g/mol. The molecule has 0 saturated heterocycles. The third kappa shape index (κ3) is 2.80. The van der Waals surface area contributed by atoms with Gasteiger partial charge in [0.05, 0.1) is 0 Å². The Hall–Kier alpha value is -2.75. The fourth-order valence-electron chi connectivity index (χ4n) is 1.92. The Kier molecular flexibility index (Phi) is 4.39. The highest BCUT2D eigenvalue weighted by Gasteiger charge is 2.25. The molecule has 0 N–H and O–H groups in total. The van der Waals surface area contributed by atoms with E-state index in [-0.39, 0.29) is 0 Å². The SMILES string of the molecule is O=CC(c1ccccc1)N(C=O)C(=O)c1ccccc1. The van der Waals surface area contributed by atoms with Crippen molar-refractivity contribution in [1.29, 1.82) is 0 Å². The van der Waals surface area contributed by atoms with Gasteiger partial charge in [-0.15, -0.1) is 0 Å². The van der Waals surface area contributed by atoms with Gasteiger partial charge in [0.2, 0.25) is 6.41 Å². The number of hydrogen-bond donors (Lipinski definition) is 0. The van der Waals surface area contributed by atoms with Crippen LogP contribution in [0.1, 0.15) is 22.0 Å². The monoisotopic (exact) mass is 267 g/mol. The third-order valence-corrected chi connectivity index (χ3v) is 2.94. The van der Waals surface area contributed by atoms with Crippen LogP contribution in [0.25, 0.3) is 0 Å². The minimum Gasteiger partial charge on any atom is -0.301 e. The van der Waals surface area contributed by atoms with Crippen molar-refractivity contribution >= 4 is 18.6 Å². The van der Waals surface area contributed by atoms with Crippen molar-refractivity contribution in [3.05, 3.63) is 71.8 Å². The summed E-state index contributed by atoms with van der Waals surface area (Å²) in [5, 5.41) is 0. The molecule has 1 unspecified atom stereocenters. The van der Waals surface area contributed by atoms with Crippen LogP contribution >= 0.6 is 0 Å². The van der Waals surface area contributed by atoms with Crippen LogP contribution in [0.2, 0.25) is 0 Å². The van der Waals surface area contributed by atoms with E-state index in [9.17, 15) is 14.4 Å². The average Bonchev–Trinajstić information content (AvgIpc) is 2.53. The van der Waals surface area contributed by atoms with Crippen molar-refractivity contribution < 1.29 is 14.4 Å². The average molecular weight is 267 g/mol. The molecule has 4 heteroatoms. The molecule has 0 bridgehead atoms. The summed E-state index contributed by atoms with van der Waals surface area (Å²) in [5.74, 6) is -0.499. The third-order valence-electron chi connectivity index (χ3n) is 2.94. The molecule has 0 radical (unpaired) electrons. The van der Waals surface area contributed by atoms with Gasteiger partial charge >= 0.3 is 0 Å². The van der Waals surface area contributed by atoms with Crippen molar-refractivity contribution in [3.8, 4) is 0 Å². The number of hydrogen-bond acceptors (Lipinski definition) is 3. The topological polar surface area (TPSA) is 54.5 Å². The van der Waals surface area contributed by atoms with Gasteiger partial charge in [-0.1, -0.05) is 48.5 Å². The second-order valence-electron chi connectivity index (χ2n) is 4.18. The zero-order chi connectivity index (χ0) is 14.4. The molecular formula is C16H13NO3. The summed E-state index contributed by atoms with van der Waals surface area (Å²) in [4.78, 5) is 35.7. The van der Waals surface area contributed by atoms with Gasteiger partial charge in [-0.05, 0) is 17.7 Å². The fraction of sp³-hybridized carbons (Fsp3) is 0.0625. The van der Waals surface area contributed by atoms with Gasteiger partial charge in [0.1, 0.15) is 12.3 Å². The quantitative estimate of drug-likeness (QED) is 0.780. The Balaban J connectivity index is 2.33. The number of aldehydes is 1. The zero-order valence-corrected chi connectivity index (χ0v) is 10.7. The van der Waals surface area contributed by atoms with Gasteiger partial charge in [-0.2, -0.15) is 0 Å². The van der Waals surface area contributed by atoms with E-state index in [1.165, 1.54) is 0 Å². The van der Waals surface area contributed by atoms with E-state index >= 15 is 0 Å². The van der Waals surface area contributed by atoms with Gasteiger partial charge in [-0.3, -0.25) is 14.5 Å². The Morgan fingerprint density at radius 2 is 1.45 bits per heavy atom. The van der Waals surface area contributed by atoms with E-state index in [2.05, 4.69) is 0 Å². The summed E-state index contributed by atoms with van der Waals surface area (Å²) in [6.45, 7) is 0. The molecule has 0 spiro atoms. The molecule has 0 aliphatic heterocycles. The number of imide groups is 1. The van der Waals surface area contributed by atoms with Gasteiger partial charge in [-0.25, -0.2) is 0 Å². The smallest absolute Gasteiger partial charge is 0.261 e. The minimum atomic E-state index is -0.915. The standard InChI is InChI=1S/C16H13NO3/c18-11-15(13-7-3-1-4-8-13)17(12-19)16(20)14-9-5-2-6-10-14/h1-12,15H. The summed E-state index contributed by atoms with van der Waals surface area (Å²) in [7, 11) is 0. The van der Waals surface area contributed by atoms with Crippen LogP contribution in [0.5, 0.6) is 0 Å². The lowest BCUT2D eigenvalue weighted by molar-refractivity contribution is -0.123. The Morgan fingerprint density at radius 1 is 0.900 bits per heavy atom. The lowest BCUT2D eigenvalue weighted by atomic mass is 10.1. The first kappa shape index (κ1) is 13.7. The number of carbonyl (C=O) groups excluding carboxylic acids is 3. The Labute approximate surface area is 116 Å². The minimum absolute atomic E-state index is 0.363. The molecule has 2 rings (SSSR count). The lowest BCUT2D eigenvalue weighted by Gasteiger charge is -2.22. The summed E-state index contributed by atoms with van der Waals surface area (Å²) >= 11 is 0. The van der Waals surface area contributed by atoms with Crippen molar-refractivity contribution in [3.63, 3.8) is 0 Å². The largest absolute Gasteiger partial charge is 0.301 e. The maximum Gasteiger partial charge on any atom is 0.261 e. The highest BCUT2D eigenvalue weighted by atomic mass is 16.2. The number of carbonyl (C=O) groups is 3. The van der Waals surface area contributed by atoms with Crippen LogP contribution < -0.4 is 0 Å². The van der Waals surface area contributed by atoms with E-state index in [0.717, 1.165) is 4.90 Å². The van der Waals surface area contributed by atoms with Crippen LogP contribution in [-0.4, -0.2) is 23.5 Å². The van der Waals surface area contributed by atoms with Crippen molar-refractivity contribution in [2.75, 3.05) is 0 Å². The summed E-state index contributed by atoms with van der Waals surface area (Å²) in [5.41, 5.74) is 0.960. The maximum absolute atomic E-state index is 12.3. The van der Waals surface area contributed by atoms with Gasteiger partial charge in [0, 0.05) is 5.56 Å². The van der Waals surface area contributed by atoms with Crippen LogP contribution in [-0.2, 0) is 9.59 Å². The molecule has 100 valence electrons. The van der Waals surface area contributed by atoms with Gasteiger partial charge in [0.15, 0.2) is 0 Å². The summed E-state index contributed by atoms with van der Waals surface area (Å²) in [6, 6.07) is 16.2. The summed E-state index contributed by atoms with van der Waals surface area (Å²) < 4.78 is 0. The van der Waals surface area contributed by atoms with E-state index in [0.29, 0.717) is 23.8 Å². The molecule has 2 amide bonds. The van der Waals surface area contributed by atoms with E-state index in [1.807, 2.05) is 0 Å². The van der Waals surface area contributed by atoms with Crippen molar-refractivity contribution in [2.24, 2.45) is 0 Å². The molecule has 0 aromatic heterocycles. The molecule has 0 aliphatic rings. The molecule has 0 fully saturated rings. The highest BCUT2D eigenvalue weighted by Crippen LogP contribution is 2.19. The number of nitrogens with zero attached hydrogens (tertiary/aromatic N) is 1. The van der Waals surface area contributed by atoms with Crippen LogP contribution in [0, 0.1) is 0 Å².